The number of hydrogen-bond acceptors (Lipinski definition) is 2. The molecule has 1 fully saturated rings. The van der Waals surface area contributed by atoms with Crippen LogP contribution < -0.4 is 0 Å². The molecule has 2 nitrogen and oxygen atoms in total. The fourth-order valence-corrected chi connectivity index (χ4v) is 2.79. The Labute approximate surface area is 119 Å². The minimum atomic E-state index is 0.830. The van der Waals surface area contributed by atoms with E-state index in [9.17, 15) is 0 Å². The van der Waals surface area contributed by atoms with E-state index in [4.69, 9.17) is 11.6 Å². The lowest BCUT2D eigenvalue weighted by molar-refractivity contribution is 0.129. The summed E-state index contributed by atoms with van der Waals surface area (Å²) in [7, 11) is 0. The van der Waals surface area contributed by atoms with Crippen LogP contribution in [0, 0.1) is 0 Å². The van der Waals surface area contributed by atoms with E-state index >= 15 is 0 Å². The first-order chi connectivity index (χ1) is 8.86. The zero-order valence-corrected chi connectivity index (χ0v) is 12.9. The molecule has 0 atom stereocenters. The van der Waals surface area contributed by atoms with Crippen LogP contribution >= 0.6 is 11.6 Å². The molecule has 18 heavy (non-hydrogen) atoms. The summed E-state index contributed by atoms with van der Waals surface area (Å²) in [5.41, 5.74) is 0. The summed E-state index contributed by atoms with van der Waals surface area (Å²) in [5.74, 6) is 0.830. The van der Waals surface area contributed by atoms with Crippen LogP contribution in [0.3, 0.4) is 0 Å². The fourth-order valence-electron chi connectivity index (χ4n) is 2.61. The second-order valence-electron chi connectivity index (χ2n) is 5.49. The number of alkyl halides is 1. The Morgan fingerprint density at radius 2 is 1.22 bits per heavy atom. The lowest BCUT2D eigenvalue weighted by Gasteiger charge is -2.34. The van der Waals surface area contributed by atoms with E-state index in [1.165, 1.54) is 84.2 Å². The molecule has 0 unspecified atom stereocenters. The third kappa shape index (κ3) is 7.60. The molecule has 1 aliphatic heterocycles. The molecule has 0 bridgehead atoms. The smallest absolute Gasteiger partial charge is 0.0223 e. The molecule has 108 valence electrons. The maximum atomic E-state index is 5.68. The molecule has 1 rings (SSSR count). The van der Waals surface area contributed by atoms with Gasteiger partial charge in [0, 0.05) is 32.1 Å². The fraction of sp³-hybridized carbons (Fsp3) is 1.00. The van der Waals surface area contributed by atoms with Gasteiger partial charge in [-0.3, -0.25) is 0 Å². The Bertz CT molecular complexity index is 179. The lowest BCUT2D eigenvalue weighted by Crippen LogP contribution is -2.46. The van der Waals surface area contributed by atoms with Crippen LogP contribution in [0.2, 0.25) is 0 Å². The Kier molecular flexibility index (Phi) is 10.0. The molecule has 0 aromatic heterocycles. The molecular weight excluding hydrogens is 244 g/mol. The molecule has 0 saturated carbocycles. The highest BCUT2D eigenvalue weighted by Crippen LogP contribution is 2.07. The predicted molar refractivity (Wildman–Crippen MR) is 81.6 cm³/mol. The summed E-state index contributed by atoms with van der Waals surface area (Å²) in [6.07, 6.45) is 9.31. The highest BCUT2D eigenvalue weighted by atomic mass is 35.5. The van der Waals surface area contributed by atoms with Crippen LogP contribution in [0.1, 0.15) is 51.9 Å². The van der Waals surface area contributed by atoms with Gasteiger partial charge >= 0.3 is 0 Å². The van der Waals surface area contributed by atoms with Gasteiger partial charge < -0.3 is 9.80 Å². The van der Waals surface area contributed by atoms with E-state index in [0.29, 0.717) is 0 Å². The van der Waals surface area contributed by atoms with Gasteiger partial charge in [0.15, 0.2) is 0 Å². The van der Waals surface area contributed by atoms with Gasteiger partial charge in [-0.05, 0) is 32.4 Å². The number of nitrogens with zero attached hydrogens (tertiary/aromatic N) is 2. The molecule has 1 aliphatic rings. The molecular formula is C15H31ClN2. The van der Waals surface area contributed by atoms with E-state index in [1.807, 2.05) is 0 Å². The van der Waals surface area contributed by atoms with Gasteiger partial charge in [0.25, 0.3) is 0 Å². The zero-order valence-electron chi connectivity index (χ0n) is 12.2. The maximum absolute atomic E-state index is 5.68. The van der Waals surface area contributed by atoms with Gasteiger partial charge in [0.1, 0.15) is 0 Å². The average Bonchev–Trinajstić information content (AvgIpc) is 2.40. The normalized spacial score (nSPS) is 18.3. The van der Waals surface area contributed by atoms with Gasteiger partial charge in [0.2, 0.25) is 0 Å². The predicted octanol–water partition coefficient (Wildman–Crippen LogP) is 3.59. The SMILES string of the molecule is CCCCCN1CCN(CCCCCCCl)CC1. The standard InChI is InChI=1S/C15H31ClN2/c1-2-3-7-10-17-12-14-18(15-13-17)11-8-5-4-6-9-16/h2-15H2,1H3. The van der Waals surface area contributed by atoms with E-state index in [2.05, 4.69) is 16.7 Å². The maximum Gasteiger partial charge on any atom is 0.0223 e. The zero-order chi connectivity index (χ0) is 13.1. The van der Waals surface area contributed by atoms with Crippen molar-refractivity contribution in [3.63, 3.8) is 0 Å². The number of piperazine rings is 1. The Hall–Kier alpha value is 0.210. The number of rotatable bonds is 10. The number of hydrogen-bond donors (Lipinski definition) is 0. The molecule has 0 spiro atoms. The highest BCUT2D eigenvalue weighted by molar-refractivity contribution is 6.17. The van der Waals surface area contributed by atoms with Crippen LogP contribution in [0.15, 0.2) is 0 Å². The first kappa shape index (κ1) is 16.3. The second kappa shape index (κ2) is 11.1. The number of unbranched alkanes of at least 4 members (excludes halogenated alkanes) is 5. The quantitative estimate of drug-likeness (QED) is 0.444. The van der Waals surface area contributed by atoms with Crippen LogP contribution in [0.4, 0.5) is 0 Å². The van der Waals surface area contributed by atoms with E-state index in [1.54, 1.807) is 0 Å². The molecule has 1 saturated heterocycles. The average molecular weight is 275 g/mol. The first-order valence-electron chi connectivity index (χ1n) is 7.87. The van der Waals surface area contributed by atoms with Crippen molar-refractivity contribution in [2.75, 3.05) is 45.1 Å². The van der Waals surface area contributed by atoms with E-state index < -0.39 is 0 Å². The summed E-state index contributed by atoms with van der Waals surface area (Å²) in [6, 6.07) is 0. The van der Waals surface area contributed by atoms with Crippen molar-refractivity contribution in [3.8, 4) is 0 Å². The molecule has 0 amide bonds. The van der Waals surface area contributed by atoms with Crippen molar-refractivity contribution in [1.82, 2.24) is 9.80 Å². The van der Waals surface area contributed by atoms with Crippen molar-refractivity contribution in [2.45, 2.75) is 51.9 Å². The third-order valence-electron chi connectivity index (χ3n) is 3.90. The topological polar surface area (TPSA) is 6.48 Å². The van der Waals surface area contributed by atoms with Crippen molar-refractivity contribution in [1.29, 1.82) is 0 Å². The lowest BCUT2D eigenvalue weighted by atomic mass is 10.2. The van der Waals surface area contributed by atoms with Crippen molar-refractivity contribution < 1.29 is 0 Å². The molecule has 0 aromatic carbocycles. The summed E-state index contributed by atoms with van der Waals surface area (Å²) in [6.45, 7) is 10.0. The van der Waals surface area contributed by atoms with Crippen molar-refractivity contribution >= 4 is 11.6 Å². The third-order valence-corrected chi connectivity index (χ3v) is 4.17. The summed E-state index contributed by atoms with van der Waals surface area (Å²) in [4.78, 5) is 5.27. The molecule has 1 heterocycles. The van der Waals surface area contributed by atoms with Gasteiger partial charge in [-0.1, -0.05) is 32.6 Å². The monoisotopic (exact) mass is 274 g/mol. The first-order valence-corrected chi connectivity index (χ1v) is 8.41. The molecule has 0 aliphatic carbocycles. The van der Waals surface area contributed by atoms with E-state index in [0.717, 1.165) is 5.88 Å². The molecule has 0 aromatic rings. The van der Waals surface area contributed by atoms with Gasteiger partial charge in [-0.15, -0.1) is 11.6 Å². The van der Waals surface area contributed by atoms with Crippen LogP contribution in [-0.2, 0) is 0 Å². The molecule has 3 heteroatoms. The minimum Gasteiger partial charge on any atom is -0.301 e. The van der Waals surface area contributed by atoms with Crippen LogP contribution in [-0.4, -0.2) is 54.9 Å². The highest BCUT2D eigenvalue weighted by Gasteiger charge is 2.15. The van der Waals surface area contributed by atoms with Crippen molar-refractivity contribution in [2.24, 2.45) is 0 Å². The number of halogens is 1. The summed E-state index contributed by atoms with van der Waals surface area (Å²) < 4.78 is 0. The minimum absolute atomic E-state index is 0.830. The van der Waals surface area contributed by atoms with Gasteiger partial charge in [0.05, 0.1) is 0 Å². The molecule has 0 N–H and O–H groups in total. The van der Waals surface area contributed by atoms with Gasteiger partial charge in [-0.2, -0.15) is 0 Å². The summed E-state index contributed by atoms with van der Waals surface area (Å²) in [5, 5.41) is 0. The Balaban J connectivity index is 1.94. The molecule has 0 radical (unpaired) electrons. The summed E-state index contributed by atoms with van der Waals surface area (Å²) >= 11 is 5.68. The second-order valence-corrected chi connectivity index (χ2v) is 5.87. The Morgan fingerprint density at radius 3 is 1.72 bits per heavy atom. The van der Waals surface area contributed by atoms with Crippen LogP contribution in [0.5, 0.6) is 0 Å². The largest absolute Gasteiger partial charge is 0.301 e. The van der Waals surface area contributed by atoms with Crippen LogP contribution in [0.25, 0.3) is 0 Å². The van der Waals surface area contributed by atoms with Gasteiger partial charge in [-0.25, -0.2) is 0 Å². The van der Waals surface area contributed by atoms with Crippen molar-refractivity contribution in [3.05, 3.63) is 0 Å². The Morgan fingerprint density at radius 1 is 0.722 bits per heavy atom. The van der Waals surface area contributed by atoms with E-state index in [-0.39, 0.29) is 0 Å².